The molecule has 0 aliphatic carbocycles. The highest BCUT2D eigenvalue weighted by Crippen LogP contribution is 2.09. The van der Waals surface area contributed by atoms with E-state index in [-0.39, 0.29) is 11.5 Å². The van der Waals surface area contributed by atoms with Gasteiger partial charge in [0.25, 0.3) is 0 Å². The smallest absolute Gasteiger partial charge is 0.154 e. The van der Waals surface area contributed by atoms with Crippen molar-refractivity contribution < 1.29 is 8.42 Å². The second-order valence-electron chi connectivity index (χ2n) is 4.68. The summed E-state index contributed by atoms with van der Waals surface area (Å²) in [5.41, 5.74) is 1.99. The van der Waals surface area contributed by atoms with E-state index in [0.717, 1.165) is 30.6 Å². The topological polar surface area (TPSA) is 46.2 Å². The van der Waals surface area contributed by atoms with Crippen molar-refractivity contribution in [1.82, 2.24) is 5.32 Å². The molecule has 0 radical (unpaired) electrons. The zero-order chi connectivity index (χ0) is 13.4. The molecule has 0 aliphatic rings. The highest BCUT2D eigenvalue weighted by Gasteiger charge is 2.11. The lowest BCUT2D eigenvalue weighted by molar-refractivity contribution is 0.587. The fourth-order valence-corrected chi connectivity index (χ4v) is 3.26. The Balaban J connectivity index is 2.40. The van der Waals surface area contributed by atoms with Gasteiger partial charge < -0.3 is 5.32 Å². The monoisotopic (exact) mass is 269 g/mol. The standard InChI is InChI=1S/C14H23NO2S/c1-3-8-15-9-5-10-18(16,17)12-14-7-4-6-13(2)11-14/h4,6-7,11,15H,3,5,8-10,12H2,1-2H3. The van der Waals surface area contributed by atoms with Gasteiger partial charge in [0, 0.05) is 0 Å². The molecule has 0 spiro atoms. The largest absolute Gasteiger partial charge is 0.317 e. The van der Waals surface area contributed by atoms with Crippen LogP contribution in [0, 0.1) is 6.92 Å². The van der Waals surface area contributed by atoms with Crippen LogP contribution < -0.4 is 5.32 Å². The summed E-state index contributed by atoms with van der Waals surface area (Å²) in [5, 5.41) is 3.22. The van der Waals surface area contributed by atoms with Crippen LogP contribution in [0.3, 0.4) is 0 Å². The maximum Gasteiger partial charge on any atom is 0.154 e. The van der Waals surface area contributed by atoms with Gasteiger partial charge in [-0.1, -0.05) is 36.8 Å². The first-order valence-electron chi connectivity index (χ1n) is 6.50. The van der Waals surface area contributed by atoms with Gasteiger partial charge in [-0.2, -0.15) is 0 Å². The van der Waals surface area contributed by atoms with E-state index < -0.39 is 9.84 Å². The maximum atomic E-state index is 11.9. The van der Waals surface area contributed by atoms with Gasteiger partial charge >= 0.3 is 0 Å². The number of benzene rings is 1. The van der Waals surface area contributed by atoms with E-state index in [9.17, 15) is 8.42 Å². The summed E-state index contributed by atoms with van der Waals surface area (Å²) in [5.74, 6) is 0.417. The number of hydrogen-bond acceptors (Lipinski definition) is 3. The third kappa shape index (κ3) is 6.17. The van der Waals surface area contributed by atoms with Gasteiger partial charge in [0.15, 0.2) is 9.84 Å². The van der Waals surface area contributed by atoms with E-state index in [1.54, 1.807) is 0 Å². The van der Waals surface area contributed by atoms with Crippen molar-refractivity contribution in [3.8, 4) is 0 Å². The molecule has 1 aromatic rings. The van der Waals surface area contributed by atoms with Gasteiger partial charge in [-0.3, -0.25) is 0 Å². The van der Waals surface area contributed by atoms with Crippen LogP contribution in [0.1, 0.15) is 30.9 Å². The van der Waals surface area contributed by atoms with E-state index in [2.05, 4.69) is 12.2 Å². The van der Waals surface area contributed by atoms with Crippen molar-refractivity contribution in [2.75, 3.05) is 18.8 Å². The predicted molar refractivity (Wildman–Crippen MR) is 76.4 cm³/mol. The molecule has 1 aromatic carbocycles. The molecule has 3 nitrogen and oxygen atoms in total. The Morgan fingerprint density at radius 2 is 2.00 bits per heavy atom. The summed E-state index contributed by atoms with van der Waals surface area (Å²) in [4.78, 5) is 0. The fourth-order valence-electron chi connectivity index (χ4n) is 1.85. The summed E-state index contributed by atoms with van der Waals surface area (Å²) in [7, 11) is -2.98. The number of aryl methyl sites for hydroxylation is 1. The molecule has 0 saturated carbocycles. The van der Waals surface area contributed by atoms with E-state index in [1.165, 1.54) is 0 Å². The molecular weight excluding hydrogens is 246 g/mol. The molecule has 0 heterocycles. The molecule has 1 rings (SSSR count). The van der Waals surface area contributed by atoms with E-state index in [1.807, 2.05) is 31.2 Å². The second-order valence-corrected chi connectivity index (χ2v) is 6.87. The average molecular weight is 269 g/mol. The minimum absolute atomic E-state index is 0.155. The zero-order valence-corrected chi connectivity index (χ0v) is 12.1. The van der Waals surface area contributed by atoms with E-state index in [0.29, 0.717) is 6.42 Å². The van der Waals surface area contributed by atoms with E-state index >= 15 is 0 Å². The van der Waals surface area contributed by atoms with Gasteiger partial charge in [0.1, 0.15) is 0 Å². The summed E-state index contributed by atoms with van der Waals surface area (Å²) >= 11 is 0. The summed E-state index contributed by atoms with van der Waals surface area (Å²) < 4.78 is 23.8. The highest BCUT2D eigenvalue weighted by molar-refractivity contribution is 7.90. The molecular formula is C14H23NO2S. The quantitative estimate of drug-likeness (QED) is 0.737. The minimum Gasteiger partial charge on any atom is -0.317 e. The molecule has 0 atom stereocenters. The molecule has 4 heteroatoms. The van der Waals surface area contributed by atoms with Crippen LogP contribution in [-0.4, -0.2) is 27.3 Å². The van der Waals surface area contributed by atoms with Crippen LogP contribution in [0.5, 0.6) is 0 Å². The molecule has 0 amide bonds. The van der Waals surface area contributed by atoms with Crippen molar-refractivity contribution in [2.45, 2.75) is 32.4 Å². The van der Waals surface area contributed by atoms with Crippen LogP contribution >= 0.6 is 0 Å². The predicted octanol–water partition coefficient (Wildman–Crippen LogP) is 2.30. The van der Waals surface area contributed by atoms with Gasteiger partial charge in [0.2, 0.25) is 0 Å². The Kier molecular flexibility index (Phi) is 6.36. The second kappa shape index (κ2) is 7.54. The first kappa shape index (κ1) is 15.2. The number of hydrogen-bond donors (Lipinski definition) is 1. The molecule has 0 aliphatic heterocycles. The van der Waals surface area contributed by atoms with Crippen LogP contribution in [0.4, 0.5) is 0 Å². The van der Waals surface area contributed by atoms with Gasteiger partial charge in [-0.05, 0) is 38.4 Å². The Labute approximate surface area is 111 Å². The lowest BCUT2D eigenvalue weighted by Crippen LogP contribution is -2.19. The van der Waals surface area contributed by atoms with Crippen molar-refractivity contribution in [1.29, 1.82) is 0 Å². The molecule has 102 valence electrons. The molecule has 0 bridgehead atoms. The van der Waals surface area contributed by atoms with Crippen molar-refractivity contribution in [3.63, 3.8) is 0 Å². The van der Waals surface area contributed by atoms with Crippen molar-refractivity contribution >= 4 is 9.84 Å². The minimum atomic E-state index is -2.98. The molecule has 18 heavy (non-hydrogen) atoms. The van der Waals surface area contributed by atoms with Gasteiger partial charge in [-0.15, -0.1) is 0 Å². The number of sulfone groups is 1. The number of rotatable bonds is 8. The Morgan fingerprint density at radius 1 is 1.22 bits per heavy atom. The molecule has 0 saturated heterocycles. The Morgan fingerprint density at radius 3 is 2.67 bits per heavy atom. The third-order valence-electron chi connectivity index (χ3n) is 2.70. The van der Waals surface area contributed by atoms with Gasteiger partial charge in [0.05, 0.1) is 11.5 Å². The van der Waals surface area contributed by atoms with Crippen LogP contribution in [0.25, 0.3) is 0 Å². The lowest BCUT2D eigenvalue weighted by atomic mass is 10.2. The lowest BCUT2D eigenvalue weighted by Gasteiger charge is -2.06. The summed E-state index contributed by atoms with van der Waals surface area (Å²) in [6.07, 6.45) is 1.77. The van der Waals surface area contributed by atoms with Crippen LogP contribution in [0.15, 0.2) is 24.3 Å². The van der Waals surface area contributed by atoms with Crippen molar-refractivity contribution in [2.24, 2.45) is 0 Å². The van der Waals surface area contributed by atoms with Gasteiger partial charge in [-0.25, -0.2) is 8.42 Å². The molecule has 0 unspecified atom stereocenters. The molecule has 1 N–H and O–H groups in total. The highest BCUT2D eigenvalue weighted by atomic mass is 32.2. The number of nitrogens with one attached hydrogen (secondary N) is 1. The van der Waals surface area contributed by atoms with Crippen molar-refractivity contribution in [3.05, 3.63) is 35.4 Å². The normalized spacial score (nSPS) is 11.7. The van der Waals surface area contributed by atoms with Crippen LogP contribution in [-0.2, 0) is 15.6 Å². The Bertz CT molecular complexity index is 455. The third-order valence-corrected chi connectivity index (χ3v) is 4.39. The fraction of sp³-hybridized carbons (Fsp3) is 0.571. The molecule has 0 fully saturated rings. The Hall–Kier alpha value is -0.870. The van der Waals surface area contributed by atoms with Crippen LogP contribution in [0.2, 0.25) is 0 Å². The first-order chi connectivity index (χ1) is 8.53. The maximum absolute atomic E-state index is 11.9. The zero-order valence-electron chi connectivity index (χ0n) is 11.3. The average Bonchev–Trinajstić information content (AvgIpc) is 2.28. The first-order valence-corrected chi connectivity index (χ1v) is 8.32. The van der Waals surface area contributed by atoms with E-state index in [4.69, 9.17) is 0 Å². The SMILES string of the molecule is CCCNCCCS(=O)(=O)Cc1cccc(C)c1. The summed E-state index contributed by atoms with van der Waals surface area (Å²) in [6, 6.07) is 7.69. The summed E-state index contributed by atoms with van der Waals surface area (Å²) in [6.45, 7) is 5.81. The molecule has 0 aromatic heterocycles.